The van der Waals surface area contributed by atoms with Crippen molar-refractivity contribution in [1.82, 2.24) is 10.2 Å². The van der Waals surface area contributed by atoms with Gasteiger partial charge in [-0.3, -0.25) is 0 Å². The molecule has 1 N–H and O–H groups in total. The van der Waals surface area contributed by atoms with E-state index in [0.29, 0.717) is 0 Å². The first-order valence-electron chi connectivity index (χ1n) is 7.71. The molecular formula is C17H25N3. The molecule has 20 heavy (non-hydrogen) atoms. The molecule has 0 aromatic heterocycles. The molecule has 1 aromatic carbocycles. The second-order valence-corrected chi connectivity index (χ2v) is 5.64. The highest BCUT2D eigenvalue weighted by atomic mass is 15.1. The van der Waals surface area contributed by atoms with E-state index in [9.17, 15) is 5.26 Å². The first-order valence-corrected chi connectivity index (χ1v) is 7.71. The largest absolute Gasteiger partial charge is 0.317 e. The van der Waals surface area contributed by atoms with E-state index in [2.05, 4.69) is 35.3 Å². The number of rotatable bonds is 6. The highest BCUT2D eigenvalue weighted by molar-refractivity contribution is 5.25. The number of nitriles is 1. The van der Waals surface area contributed by atoms with Gasteiger partial charge >= 0.3 is 0 Å². The highest BCUT2D eigenvalue weighted by Crippen LogP contribution is 2.21. The number of hydrogen-bond acceptors (Lipinski definition) is 3. The standard InChI is InChI=1S/C17H25N3/c1-2-19-13-15-8-10-20(11-9-15)14-17(12-18)16-6-4-3-5-7-16/h3-7,15,17,19H,2,8-11,13-14H2,1H3. The van der Waals surface area contributed by atoms with Gasteiger partial charge in [0.25, 0.3) is 0 Å². The zero-order chi connectivity index (χ0) is 14.2. The van der Waals surface area contributed by atoms with E-state index in [1.165, 1.54) is 12.8 Å². The lowest BCUT2D eigenvalue weighted by Gasteiger charge is -2.33. The third-order valence-corrected chi connectivity index (χ3v) is 4.19. The molecule has 0 aliphatic carbocycles. The van der Waals surface area contributed by atoms with Crippen LogP contribution in [-0.2, 0) is 0 Å². The van der Waals surface area contributed by atoms with Gasteiger partial charge in [0.2, 0.25) is 0 Å². The number of piperidine rings is 1. The van der Waals surface area contributed by atoms with Crippen LogP contribution in [0.5, 0.6) is 0 Å². The van der Waals surface area contributed by atoms with Crippen LogP contribution in [0.15, 0.2) is 30.3 Å². The summed E-state index contributed by atoms with van der Waals surface area (Å²) in [6, 6.07) is 12.6. The molecule has 1 unspecified atom stereocenters. The fraction of sp³-hybridized carbons (Fsp3) is 0.588. The Balaban J connectivity index is 1.81. The number of likely N-dealkylation sites (tertiary alicyclic amines) is 1. The van der Waals surface area contributed by atoms with Crippen LogP contribution in [0.25, 0.3) is 0 Å². The maximum Gasteiger partial charge on any atom is 0.0839 e. The number of nitrogens with one attached hydrogen (secondary N) is 1. The van der Waals surface area contributed by atoms with E-state index < -0.39 is 0 Å². The Labute approximate surface area is 122 Å². The van der Waals surface area contributed by atoms with Gasteiger partial charge in [-0.2, -0.15) is 5.26 Å². The molecule has 1 heterocycles. The monoisotopic (exact) mass is 271 g/mol. The lowest BCUT2D eigenvalue weighted by molar-refractivity contribution is 0.180. The number of hydrogen-bond donors (Lipinski definition) is 1. The van der Waals surface area contributed by atoms with Gasteiger partial charge in [0.1, 0.15) is 0 Å². The zero-order valence-corrected chi connectivity index (χ0v) is 12.4. The average Bonchev–Trinajstić information content (AvgIpc) is 2.52. The summed E-state index contributed by atoms with van der Waals surface area (Å²) < 4.78 is 0. The van der Waals surface area contributed by atoms with Crippen molar-refractivity contribution < 1.29 is 0 Å². The van der Waals surface area contributed by atoms with E-state index in [4.69, 9.17) is 0 Å². The van der Waals surface area contributed by atoms with Crippen LogP contribution < -0.4 is 5.32 Å². The molecule has 1 aliphatic rings. The zero-order valence-electron chi connectivity index (χ0n) is 12.4. The summed E-state index contributed by atoms with van der Waals surface area (Å²) in [5.41, 5.74) is 1.14. The maximum atomic E-state index is 9.39. The third kappa shape index (κ3) is 4.33. The quantitative estimate of drug-likeness (QED) is 0.864. The van der Waals surface area contributed by atoms with Crippen molar-refractivity contribution in [3.63, 3.8) is 0 Å². The summed E-state index contributed by atoms with van der Waals surface area (Å²) in [5.74, 6) is 0.810. The first kappa shape index (κ1) is 15.0. The summed E-state index contributed by atoms with van der Waals surface area (Å²) in [7, 11) is 0. The van der Waals surface area contributed by atoms with Crippen molar-refractivity contribution in [1.29, 1.82) is 5.26 Å². The molecule has 1 aromatic rings. The van der Waals surface area contributed by atoms with E-state index in [-0.39, 0.29) is 5.92 Å². The molecule has 0 bridgehead atoms. The fourth-order valence-electron chi connectivity index (χ4n) is 2.89. The number of nitrogens with zero attached hydrogens (tertiary/aromatic N) is 2. The van der Waals surface area contributed by atoms with Crippen molar-refractivity contribution in [2.75, 3.05) is 32.7 Å². The Morgan fingerprint density at radius 2 is 2.00 bits per heavy atom. The van der Waals surface area contributed by atoms with Crippen molar-refractivity contribution >= 4 is 0 Å². The molecule has 3 nitrogen and oxygen atoms in total. The molecule has 3 heteroatoms. The minimum Gasteiger partial charge on any atom is -0.317 e. The second-order valence-electron chi connectivity index (χ2n) is 5.64. The lowest BCUT2D eigenvalue weighted by Crippen LogP contribution is -2.39. The van der Waals surface area contributed by atoms with Crippen molar-refractivity contribution in [2.24, 2.45) is 5.92 Å². The van der Waals surface area contributed by atoms with E-state index in [0.717, 1.165) is 44.2 Å². The van der Waals surface area contributed by atoms with Crippen LogP contribution in [0.3, 0.4) is 0 Å². The Bertz CT molecular complexity index is 416. The van der Waals surface area contributed by atoms with Gasteiger partial charge < -0.3 is 10.2 Å². The maximum absolute atomic E-state index is 9.39. The van der Waals surface area contributed by atoms with Crippen molar-refractivity contribution in [3.05, 3.63) is 35.9 Å². The van der Waals surface area contributed by atoms with Crippen LogP contribution >= 0.6 is 0 Å². The fourth-order valence-corrected chi connectivity index (χ4v) is 2.89. The Hall–Kier alpha value is -1.37. The minimum absolute atomic E-state index is 0.00140. The second kappa shape index (κ2) is 8.04. The normalized spacial score (nSPS) is 18.6. The lowest BCUT2D eigenvalue weighted by atomic mass is 9.94. The van der Waals surface area contributed by atoms with Gasteiger partial charge in [0, 0.05) is 6.54 Å². The van der Waals surface area contributed by atoms with Gasteiger partial charge in [0.05, 0.1) is 12.0 Å². The van der Waals surface area contributed by atoms with Crippen molar-refractivity contribution in [3.8, 4) is 6.07 Å². The number of benzene rings is 1. The molecule has 108 valence electrons. The Morgan fingerprint density at radius 1 is 1.30 bits per heavy atom. The first-order chi connectivity index (χ1) is 9.83. The SMILES string of the molecule is CCNCC1CCN(CC(C#N)c2ccccc2)CC1. The molecule has 1 aliphatic heterocycles. The van der Waals surface area contributed by atoms with Crippen LogP contribution in [0.1, 0.15) is 31.2 Å². The molecule has 0 amide bonds. The van der Waals surface area contributed by atoms with Gasteiger partial charge in [-0.05, 0) is 50.5 Å². The minimum atomic E-state index is 0.00140. The smallest absolute Gasteiger partial charge is 0.0839 e. The molecule has 1 fully saturated rings. The van der Waals surface area contributed by atoms with E-state index >= 15 is 0 Å². The molecule has 1 saturated heterocycles. The van der Waals surface area contributed by atoms with Gasteiger partial charge in [-0.15, -0.1) is 0 Å². The summed E-state index contributed by atoms with van der Waals surface area (Å²) >= 11 is 0. The summed E-state index contributed by atoms with van der Waals surface area (Å²) in [6.07, 6.45) is 2.50. The molecule has 0 saturated carbocycles. The van der Waals surface area contributed by atoms with Crippen molar-refractivity contribution in [2.45, 2.75) is 25.7 Å². The van der Waals surface area contributed by atoms with Gasteiger partial charge in [-0.1, -0.05) is 37.3 Å². The van der Waals surface area contributed by atoms with Crippen LogP contribution in [0.4, 0.5) is 0 Å². The van der Waals surface area contributed by atoms with Crippen LogP contribution in [0, 0.1) is 17.2 Å². The average molecular weight is 271 g/mol. The summed E-state index contributed by atoms with van der Waals surface area (Å²) in [6.45, 7) is 7.48. The molecular weight excluding hydrogens is 246 g/mol. The highest BCUT2D eigenvalue weighted by Gasteiger charge is 2.21. The molecule has 1 atom stereocenters. The topological polar surface area (TPSA) is 39.1 Å². The molecule has 2 rings (SSSR count). The Morgan fingerprint density at radius 3 is 2.60 bits per heavy atom. The summed E-state index contributed by atoms with van der Waals surface area (Å²) in [5, 5.41) is 12.8. The van der Waals surface area contributed by atoms with Crippen LogP contribution in [-0.4, -0.2) is 37.6 Å². The van der Waals surface area contributed by atoms with Gasteiger partial charge in [-0.25, -0.2) is 0 Å². The van der Waals surface area contributed by atoms with E-state index in [1.807, 2.05) is 18.2 Å². The third-order valence-electron chi connectivity index (χ3n) is 4.19. The van der Waals surface area contributed by atoms with E-state index in [1.54, 1.807) is 0 Å². The molecule has 0 spiro atoms. The predicted octanol–water partition coefficient (Wildman–Crippen LogP) is 2.62. The predicted molar refractivity (Wildman–Crippen MR) is 82.5 cm³/mol. The Kier molecular flexibility index (Phi) is 6.04. The van der Waals surface area contributed by atoms with Crippen LogP contribution in [0.2, 0.25) is 0 Å². The molecule has 0 radical (unpaired) electrons. The summed E-state index contributed by atoms with van der Waals surface area (Å²) in [4.78, 5) is 2.45. The van der Waals surface area contributed by atoms with Gasteiger partial charge in [0.15, 0.2) is 0 Å².